The van der Waals surface area contributed by atoms with E-state index >= 15 is 0 Å². The van der Waals surface area contributed by atoms with Crippen molar-refractivity contribution >= 4 is 30.3 Å². The highest BCUT2D eigenvalue weighted by Crippen LogP contribution is 2.29. The maximum atomic E-state index is 13.2. The van der Waals surface area contributed by atoms with Crippen LogP contribution < -0.4 is 0 Å². The summed E-state index contributed by atoms with van der Waals surface area (Å²) in [5.74, 6) is -6.10. The molecule has 0 amide bonds. The van der Waals surface area contributed by atoms with Gasteiger partial charge in [-0.05, 0) is 20.3 Å². The second-order valence-corrected chi connectivity index (χ2v) is 11.0. The fourth-order valence-corrected chi connectivity index (χ4v) is 3.58. The first-order chi connectivity index (χ1) is 23.2. The Balaban J connectivity index is 0. The average molecular weight is 717 g/mol. The SMILES string of the molecule is CCCC(=O)O.COCC(C)(COC)C(=O)OC(C)(OC(=O)C(C)(COC)COCOCCOCCOCCOCCOC=O)C(=O)OC. The number of carbonyl (C=O) groups excluding carboxylic acids is 4. The molecule has 0 rings (SSSR count). The van der Waals surface area contributed by atoms with Crippen molar-refractivity contribution in [1.82, 2.24) is 0 Å². The summed E-state index contributed by atoms with van der Waals surface area (Å²) in [6, 6.07) is 0. The van der Waals surface area contributed by atoms with Gasteiger partial charge >= 0.3 is 29.7 Å². The third-order valence-corrected chi connectivity index (χ3v) is 6.09. The Morgan fingerprint density at radius 2 is 1.00 bits per heavy atom. The molecule has 1 N–H and O–H groups in total. The number of esters is 3. The van der Waals surface area contributed by atoms with Crippen LogP contribution >= 0.6 is 0 Å². The third kappa shape index (κ3) is 22.4. The highest BCUT2D eigenvalue weighted by Gasteiger charge is 2.50. The topological polar surface area (TPSA) is 216 Å². The summed E-state index contributed by atoms with van der Waals surface area (Å²) >= 11 is 0. The van der Waals surface area contributed by atoms with Gasteiger partial charge in [0.1, 0.15) is 24.2 Å². The molecule has 288 valence electrons. The molecule has 0 aliphatic heterocycles. The van der Waals surface area contributed by atoms with Crippen molar-refractivity contribution in [2.24, 2.45) is 10.8 Å². The van der Waals surface area contributed by atoms with Gasteiger partial charge in [-0.3, -0.25) is 19.2 Å². The van der Waals surface area contributed by atoms with Crippen LogP contribution in [0.15, 0.2) is 0 Å². The zero-order chi connectivity index (χ0) is 37.6. The number of hydrogen-bond acceptors (Lipinski definition) is 17. The Morgan fingerprint density at radius 3 is 1.35 bits per heavy atom. The lowest BCUT2D eigenvalue weighted by Gasteiger charge is -2.34. The second-order valence-electron chi connectivity index (χ2n) is 11.0. The molecule has 0 aromatic rings. The zero-order valence-electron chi connectivity index (χ0n) is 30.1. The highest BCUT2D eigenvalue weighted by atomic mass is 16.8. The lowest BCUT2D eigenvalue weighted by atomic mass is 9.92. The summed E-state index contributed by atoms with van der Waals surface area (Å²) in [5, 5.41) is 7.91. The quantitative estimate of drug-likeness (QED) is 0.0360. The van der Waals surface area contributed by atoms with E-state index in [2.05, 4.69) is 4.74 Å². The van der Waals surface area contributed by atoms with Crippen LogP contribution in [0.25, 0.3) is 0 Å². The van der Waals surface area contributed by atoms with E-state index < -0.39 is 40.5 Å². The van der Waals surface area contributed by atoms with Gasteiger partial charge in [0, 0.05) is 34.7 Å². The molecule has 2 atom stereocenters. The predicted octanol–water partition coefficient (Wildman–Crippen LogP) is 0.998. The molecular weight excluding hydrogens is 660 g/mol. The molecule has 0 saturated carbocycles. The van der Waals surface area contributed by atoms with Gasteiger partial charge in [0.15, 0.2) is 0 Å². The Bertz CT molecular complexity index is 909. The van der Waals surface area contributed by atoms with E-state index in [1.54, 1.807) is 0 Å². The Kier molecular flexibility index (Phi) is 28.3. The molecular formula is C31H56O18. The minimum Gasteiger partial charge on any atom is -0.481 e. The van der Waals surface area contributed by atoms with Crippen LogP contribution in [0.5, 0.6) is 0 Å². The summed E-state index contributed by atoms with van der Waals surface area (Å²) in [6.07, 6.45) is 1.02. The van der Waals surface area contributed by atoms with Crippen molar-refractivity contribution in [3.05, 3.63) is 0 Å². The van der Waals surface area contributed by atoms with Gasteiger partial charge in [-0.15, -0.1) is 0 Å². The minimum atomic E-state index is -2.42. The molecule has 0 spiro atoms. The largest absolute Gasteiger partial charge is 0.481 e. The molecule has 0 aliphatic carbocycles. The Hall–Kier alpha value is -2.97. The van der Waals surface area contributed by atoms with Crippen molar-refractivity contribution < 1.29 is 85.9 Å². The van der Waals surface area contributed by atoms with Crippen molar-refractivity contribution in [3.8, 4) is 0 Å². The number of ether oxygens (including phenoxy) is 12. The van der Waals surface area contributed by atoms with Crippen LogP contribution in [-0.4, -0.2) is 156 Å². The maximum absolute atomic E-state index is 13.2. The minimum absolute atomic E-state index is 0.0875. The van der Waals surface area contributed by atoms with Crippen LogP contribution in [0.3, 0.4) is 0 Å². The molecule has 0 heterocycles. The van der Waals surface area contributed by atoms with Gasteiger partial charge in [-0.1, -0.05) is 6.92 Å². The summed E-state index contributed by atoms with van der Waals surface area (Å²) in [5.41, 5.74) is -2.72. The summed E-state index contributed by atoms with van der Waals surface area (Å²) < 4.78 is 62.2. The molecule has 0 radical (unpaired) electrons. The van der Waals surface area contributed by atoms with E-state index in [0.29, 0.717) is 45.9 Å². The summed E-state index contributed by atoms with van der Waals surface area (Å²) in [6.45, 7) is 8.02. The van der Waals surface area contributed by atoms with Crippen LogP contribution in [0.1, 0.15) is 40.5 Å². The van der Waals surface area contributed by atoms with Gasteiger partial charge < -0.3 is 61.9 Å². The van der Waals surface area contributed by atoms with Gasteiger partial charge in [0.25, 0.3) is 6.47 Å². The average Bonchev–Trinajstić information content (AvgIpc) is 3.04. The molecule has 0 fully saturated rings. The molecule has 2 unspecified atom stereocenters. The fourth-order valence-electron chi connectivity index (χ4n) is 3.58. The van der Waals surface area contributed by atoms with E-state index in [1.807, 2.05) is 6.92 Å². The monoisotopic (exact) mass is 716 g/mol. The number of hydrogen-bond donors (Lipinski definition) is 1. The first kappa shape index (κ1) is 48.1. The smallest absolute Gasteiger partial charge is 0.392 e. The number of aliphatic carboxylic acids is 1. The molecule has 0 aromatic carbocycles. The predicted molar refractivity (Wildman–Crippen MR) is 168 cm³/mol. The molecule has 18 nitrogen and oxygen atoms in total. The molecule has 0 aliphatic rings. The normalized spacial score (nSPS) is 13.6. The maximum Gasteiger partial charge on any atom is 0.392 e. The summed E-state index contributed by atoms with van der Waals surface area (Å²) in [7, 11) is 5.22. The van der Waals surface area contributed by atoms with E-state index in [0.717, 1.165) is 20.5 Å². The lowest BCUT2D eigenvalue weighted by Crippen LogP contribution is -2.52. The Morgan fingerprint density at radius 1 is 0.592 bits per heavy atom. The summed E-state index contributed by atoms with van der Waals surface area (Å²) in [4.78, 5) is 58.4. The van der Waals surface area contributed by atoms with Crippen LogP contribution in [0, 0.1) is 10.8 Å². The standard InChI is InChI=1S/C27H48O16.C4H8O2/c1-25(16-32-4,17-33-5)22(29)42-27(3,24(31)35-7)43-23(30)26(2,18-34-6)19-41-21-40-15-13-38-11-9-36-8-10-37-12-14-39-20-28;1-2-3-4(5)6/h20H,8-19,21H2,1-7H3;2-3H2,1H3,(H,5,6). The van der Waals surface area contributed by atoms with E-state index in [9.17, 15) is 24.0 Å². The second kappa shape index (κ2) is 28.8. The van der Waals surface area contributed by atoms with Gasteiger partial charge in [0.2, 0.25) is 0 Å². The zero-order valence-corrected chi connectivity index (χ0v) is 30.1. The number of rotatable bonds is 30. The fraction of sp³-hybridized carbons (Fsp3) is 0.839. The number of carbonyl (C=O) groups is 5. The first-order valence-electron chi connectivity index (χ1n) is 15.4. The van der Waals surface area contributed by atoms with Crippen molar-refractivity contribution in [1.29, 1.82) is 0 Å². The van der Waals surface area contributed by atoms with Crippen molar-refractivity contribution in [2.75, 3.05) is 115 Å². The third-order valence-electron chi connectivity index (χ3n) is 6.09. The highest BCUT2D eigenvalue weighted by molar-refractivity contribution is 5.87. The molecule has 0 saturated heterocycles. The van der Waals surface area contributed by atoms with E-state index in [1.165, 1.54) is 35.2 Å². The molecule has 0 aromatic heterocycles. The van der Waals surface area contributed by atoms with E-state index in [-0.39, 0.29) is 53.0 Å². The van der Waals surface area contributed by atoms with Crippen molar-refractivity contribution in [3.63, 3.8) is 0 Å². The van der Waals surface area contributed by atoms with Gasteiger partial charge in [-0.25, -0.2) is 4.79 Å². The number of carboxylic acid groups (broad SMARTS) is 1. The molecule has 49 heavy (non-hydrogen) atoms. The first-order valence-corrected chi connectivity index (χ1v) is 15.4. The van der Waals surface area contributed by atoms with Crippen LogP contribution in [-0.2, 0) is 80.8 Å². The van der Waals surface area contributed by atoms with Crippen LogP contribution in [0.4, 0.5) is 0 Å². The van der Waals surface area contributed by atoms with Crippen LogP contribution in [0.2, 0.25) is 0 Å². The number of carboxylic acids is 1. The lowest BCUT2D eigenvalue weighted by molar-refractivity contribution is -0.246. The van der Waals surface area contributed by atoms with Gasteiger partial charge in [0.05, 0.1) is 79.8 Å². The number of methoxy groups -OCH3 is 4. The van der Waals surface area contributed by atoms with E-state index in [4.69, 9.17) is 57.2 Å². The Labute approximate surface area is 288 Å². The molecule has 18 heteroatoms. The molecule has 0 bridgehead atoms. The van der Waals surface area contributed by atoms with Crippen molar-refractivity contribution in [2.45, 2.75) is 46.3 Å². The van der Waals surface area contributed by atoms with Gasteiger partial charge in [-0.2, -0.15) is 0 Å².